The quantitative estimate of drug-likeness (QED) is 0.643. The molecule has 1 aliphatic rings. The summed E-state index contributed by atoms with van der Waals surface area (Å²) >= 11 is 0. The van der Waals surface area contributed by atoms with Gasteiger partial charge in [-0.05, 0) is 59.7 Å². The van der Waals surface area contributed by atoms with Crippen molar-refractivity contribution >= 4 is 23.4 Å². The molecule has 1 heterocycles. The van der Waals surface area contributed by atoms with Gasteiger partial charge in [0.05, 0.1) is 24.3 Å². The molecular weight excluding hydrogens is 346 g/mol. The van der Waals surface area contributed by atoms with Gasteiger partial charge in [0.15, 0.2) is 0 Å². The zero-order chi connectivity index (χ0) is 20.4. The first-order chi connectivity index (χ1) is 12.5. The molecule has 2 rings (SSSR count). The summed E-state index contributed by atoms with van der Waals surface area (Å²) < 4.78 is 10.6. The molecule has 0 aliphatic carbocycles. The highest BCUT2D eigenvalue weighted by molar-refractivity contribution is 5.95. The van der Waals surface area contributed by atoms with E-state index in [0.717, 1.165) is 5.69 Å². The molecule has 0 unspecified atom stereocenters. The van der Waals surface area contributed by atoms with Crippen LogP contribution >= 0.6 is 0 Å². The average molecular weight is 377 g/mol. The van der Waals surface area contributed by atoms with Crippen LogP contribution < -0.4 is 10.6 Å². The van der Waals surface area contributed by atoms with Crippen molar-refractivity contribution < 1.29 is 19.1 Å². The highest BCUT2D eigenvalue weighted by Crippen LogP contribution is 2.27. The fourth-order valence-electron chi connectivity index (χ4n) is 3.35. The van der Waals surface area contributed by atoms with Crippen LogP contribution in [0.1, 0.15) is 51.9 Å². The van der Waals surface area contributed by atoms with Crippen LogP contribution in [0.2, 0.25) is 0 Å². The van der Waals surface area contributed by atoms with Crippen LogP contribution in [0.4, 0.5) is 16.2 Å². The summed E-state index contributed by atoms with van der Waals surface area (Å²) in [5, 5.41) is 0. The number of nitrogens with two attached hydrogens (primary N) is 1. The minimum Gasteiger partial charge on any atom is -0.462 e. The molecule has 2 atom stereocenters. The molecule has 0 spiro atoms. The summed E-state index contributed by atoms with van der Waals surface area (Å²) in [5.41, 5.74) is 7.22. The topological polar surface area (TPSA) is 85.1 Å². The lowest BCUT2D eigenvalue weighted by Crippen LogP contribution is -2.59. The number of hydrogen-bond acceptors (Lipinski definition) is 6. The summed E-state index contributed by atoms with van der Waals surface area (Å²) in [6.45, 7) is 13.0. The predicted molar refractivity (Wildman–Crippen MR) is 106 cm³/mol. The van der Waals surface area contributed by atoms with Crippen molar-refractivity contribution in [2.24, 2.45) is 0 Å². The number of esters is 1. The van der Waals surface area contributed by atoms with E-state index in [2.05, 4.69) is 4.90 Å². The Hall–Kier alpha value is -2.44. The molecule has 7 heteroatoms. The van der Waals surface area contributed by atoms with Crippen molar-refractivity contribution in [1.29, 1.82) is 0 Å². The zero-order valence-electron chi connectivity index (χ0n) is 17.1. The van der Waals surface area contributed by atoms with Crippen LogP contribution in [0.3, 0.4) is 0 Å². The third-order valence-electron chi connectivity index (χ3n) is 4.42. The Morgan fingerprint density at radius 3 is 2.26 bits per heavy atom. The van der Waals surface area contributed by atoms with Crippen LogP contribution in [-0.2, 0) is 9.47 Å². The standard InChI is InChI=1S/C20H31N3O4/c1-7-26-18(24)16-9-8-15(10-17(16)21)22-11-13(2)23(14(3)12-22)19(25)27-20(4,5)6/h8-10,13-14H,7,11-12,21H2,1-6H3/t13-,14+. The summed E-state index contributed by atoms with van der Waals surface area (Å²) in [6.07, 6.45) is -0.292. The number of nitrogens with zero attached hydrogens (tertiary/aromatic N) is 2. The number of nitrogen functional groups attached to an aromatic ring is 1. The van der Waals surface area contributed by atoms with Crippen molar-refractivity contribution in [3.05, 3.63) is 23.8 Å². The Balaban J connectivity index is 2.13. The maximum Gasteiger partial charge on any atom is 0.410 e. The van der Waals surface area contributed by atoms with Gasteiger partial charge >= 0.3 is 12.1 Å². The molecule has 0 saturated carbocycles. The van der Waals surface area contributed by atoms with Crippen LogP contribution in [0.25, 0.3) is 0 Å². The van der Waals surface area contributed by atoms with E-state index in [9.17, 15) is 9.59 Å². The van der Waals surface area contributed by atoms with Gasteiger partial charge in [0.2, 0.25) is 0 Å². The third-order valence-corrected chi connectivity index (χ3v) is 4.42. The average Bonchev–Trinajstić information content (AvgIpc) is 2.52. The Kier molecular flexibility index (Phi) is 6.23. The molecule has 27 heavy (non-hydrogen) atoms. The second-order valence-corrected chi connectivity index (χ2v) is 7.98. The van der Waals surface area contributed by atoms with E-state index in [1.54, 1.807) is 24.0 Å². The van der Waals surface area contributed by atoms with E-state index in [1.165, 1.54) is 0 Å². The molecule has 1 amide bonds. The van der Waals surface area contributed by atoms with E-state index >= 15 is 0 Å². The lowest BCUT2D eigenvalue weighted by molar-refractivity contribution is 0.00563. The summed E-state index contributed by atoms with van der Waals surface area (Å²) in [5.74, 6) is -0.418. The van der Waals surface area contributed by atoms with Crippen molar-refractivity contribution in [2.45, 2.75) is 59.2 Å². The molecule has 1 aromatic rings. The molecular formula is C20H31N3O4. The first-order valence-corrected chi connectivity index (χ1v) is 9.36. The first kappa shape index (κ1) is 20.9. The number of benzene rings is 1. The third kappa shape index (κ3) is 5.05. The Bertz CT molecular complexity index is 687. The number of anilines is 2. The summed E-state index contributed by atoms with van der Waals surface area (Å²) in [6, 6.07) is 5.31. The molecule has 1 aromatic carbocycles. The van der Waals surface area contributed by atoms with Gasteiger partial charge in [-0.2, -0.15) is 0 Å². The van der Waals surface area contributed by atoms with Gasteiger partial charge in [-0.15, -0.1) is 0 Å². The van der Waals surface area contributed by atoms with E-state index in [1.807, 2.05) is 40.7 Å². The number of hydrogen-bond donors (Lipinski definition) is 1. The van der Waals surface area contributed by atoms with Gasteiger partial charge in [-0.3, -0.25) is 4.90 Å². The van der Waals surface area contributed by atoms with Gasteiger partial charge in [0.1, 0.15) is 5.60 Å². The second kappa shape index (κ2) is 8.06. The molecule has 0 aromatic heterocycles. The van der Waals surface area contributed by atoms with Crippen molar-refractivity contribution in [2.75, 3.05) is 30.3 Å². The van der Waals surface area contributed by atoms with E-state index in [4.69, 9.17) is 15.2 Å². The number of carbonyl (C=O) groups excluding carboxylic acids is 2. The molecule has 1 aliphatic heterocycles. The summed E-state index contributed by atoms with van der Waals surface area (Å²) in [7, 11) is 0. The number of rotatable bonds is 3. The molecule has 0 bridgehead atoms. The van der Waals surface area contributed by atoms with Crippen LogP contribution in [0, 0.1) is 0 Å². The first-order valence-electron chi connectivity index (χ1n) is 9.36. The second-order valence-electron chi connectivity index (χ2n) is 7.98. The highest BCUT2D eigenvalue weighted by Gasteiger charge is 2.35. The monoisotopic (exact) mass is 377 g/mol. The fraction of sp³-hybridized carbons (Fsp3) is 0.600. The number of carbonyl (C=O) groups is 2. The molecule has 0 radical (unpaired) electrons. The minimum absolute atomic E-state index is 0.0189. The normalized spacial score (nSPS) is 20.4. The fourth-order valence-corrected chi connectivity index (χ4v) is 3.35. The van der Waals surface area contributed by atoms with Crippen molar-refractivity contribution in [3.63, 3.8) is 0 Å². The van der Waals surface area contributed by atoms with Gasteiger partial charge in [-0.1, -0.05) is 0 Å². The summed E-state index contributed by atoms with van der Waals surface area (Å²) in [4.78, 5) is 28.4. The van der Waals surface area contributed by atoms with Gasteiger partial charge in [0.25, 0.3) is 0 Å². The number of ether oxygens (including phenoxy) is 2. The molecule has 150 valence electrons. The van der Waals surface area contributed by atoms with E-state index < -0.39 is 11.6 Å². The Labute approximate surface area is 161 Å². The van der Waals surface area contributed by atoms with Gasteiger partial charge in [0, 0.05) is 24.5 Å². The van der Waals surface area contributed by atoms with Crippen LogP contribution in [-0.4, -0.2) is 54.3 Å². The smallest absolute Gasteiger partial charge is 0.410 e. The molecule has 1 saturated heterocycles. The van der Waals surface area contributed by atoms with Crippen molar-refractivity contribution in [3.8, 4) is 0 Å². The van der Waals surface area contributed by atoms with Crippen LogP contribution in [0.5, 0.6) is 0 Å². The van der Waals surface area contributed by atoms with E-state index in [0.29, 0.717) is 30.9 Å². The maximum atomic E-state index is 12.5. The molecule has 1 fully saturated rings. The molecule has 7 nitrogen and oxygen atoms in total. The largest absolute Gasteiger partial charge is 0.462 e. The molecule has 2 N–H and O–H groups in total. The number of amides is 1. The van der Waals surface area contributed by atoms with Crippen LogP contribution in [0.15, 0.2) is 18.2 Å². The van der Waals surface area contributed by atoms with Gasteiger partial charge < -0.3 is 20.1 Å². The lowest BCUT2D eigenvalue weighted by atomic mass is 10.1. The lowest BCUT2D eigenvalue weighted by Gasteiger charge is -2.45. The maximum absolute atomic E-state index is 12.5. The highest BCUT2D eigenvalue weighted by atomic mass is 16.6. The Morgan fingerprint density at radius 1 is 1.19 bits per heavy atom. The predicted octanol–water partition coefficient (Wildman–Crippen LogP) is 3.28. The number of piperazine rings is 1. The SMILES string of the molecule is CCOC(=O)c1ccc(N2C[C@@H](C)N(C(=O)OC(C)(C)C)[C@@H](C)C2)cc1N. The minimum atomic E-state index is -0.523. The van der Waals surface area contributed by atoms with Crippen molar-refractivity contribution in [1.82, 2.24) is 4.90 Å². The van der Waals surface area contributed by atoms with E-state index in [-0.39, 0.29) is 18.2 Å². The Morgan fingerprint density at radius 2 is 1.78 bits per heavy atom. The zero-order valence-corrected chi connectivity index (χ0v) is 17.1. The van der Waals surface area contributed by atoms with Gasteiger partial charge in [-0.25, -0.2) is 9.59 Å².